The summed E-state index contributed by atoms with van der Waals surface area (Å²) in [4.78, 5) is 16.2. The van der Waals surface area contributed by atoms with Gasteiger partial charge in [0.2, 0.25) is 0 Å². The van der Waals surface area contributed by atoms with E-state index in [2.05, 4.69) is 15.5 Å². The Labute approximate surface area is 153 Å². The molecule has 1 N–H and O–H groups in total. The number of hydrazone groups is 1. The van der Waals surface area contributed by atoms with Gasteiger partial charge in [-0.15, -0.1) is 0 Å². The van der Waals surface area contributed by atoms with Gasteiger partial charge < -0.3 is 0 Å². The molecular weight excluding hydrogens is 369 g/mol. The Morgan fingerprint density at radius 1 is 1.00 bits per heavy atom. The molecule has 0 aliphatic carbocycles. The third-order valence-electron chi connectivity index (χ3n) is 3.23. The van der Waals surface area contributed by atoms with Gasteiger partial charge in [-0.1, -0.05) is 34.8 Å². The van der Waals surface area contributed by atoms with Crippen molar-refractivity contribution in [2.75, 3.05) is 0 Å². The molecule has 0 unspecified atom stereocenters. The summed E-state index contributed by atoms with van der Waals surface area (Å²) in [5.74, 6) is -0.351. The van der Waals surface area contributed by atoms with Crippen molar-refractivity contribution >= 4 is 57.8 Å². The van der Waals surface area contributed by atoms with Crippen LogP contribution in [0.15, 0.2) is 53.6 Å². The van der Waals surface area contributed by atoms with E-state index in [9.17, 15) is 4.79 Å². The van der Waals surface area contributed by atoms with E-state index in [4.69, 9.17) is 34.8 Å². The van der Waals surface area contributed by atoms with Gasteiger partial charge in [0, 0.05) is 26.6 Å². The molecule has 7 heteroatoms. The van der Waals surface area contributed by atoms with E-state index in [0.717, 1.165) is 10.9 Å². The molecule has 120 valence electrons. The standard InChI is InChI=1S/C17H10Cl3N3O/c18-13-3-1-10(2-4-13)17(24)23-21-9-12-7-11-8-14(19)5-6-15(11)22-16(12)20/h1-9H,(H,23,24)/b21-9-. The van der Waals surface area contributed by atoms with Gasteiger partial charge in [0.15, 0.2) is 0 Å². The second kappa shape index (κ2) is 7.18. The van der Waals surface area contributed by atoms with E-state index in [-0.39, 0.29) is 11.1 Å². The van der Waals surface area contributed by atoms with Crippen LogP contribution < -0.4 is 5.43 Å². The zero-order chi connectivity index (χ0) is 17.1. The van der Waals surface area contributed by atoms with Crippen LogP contribution in [0, 0.1) is 0 Å². The maximum absolute atomic E-state index is 12.0. The number of halogens is 3. The molecule has 1 amide bonds. The summed E-state index contributed by atoms with van der Waals surface area (Å²) in [6.07, 6.45) is 1.43. The smallest absolute Gasteiger partial charge is 0.267 e. The van der Waals surface area contributed by atoms with Crippen molar-refractivity contribution in [3.8, 4) is 0 Å². The Morgan fingerprint density at radius 3 is 2.46 bits per heavy atom. The SMILES string of the molecule is O=C(N/N=C\c1cc2cc(Cl)ccc2nc1Cl)c1ccc(Cl)cc1. The fraction of sp³-hybridized carbons (Fsp3) is 0. The van der Waals surface area contributed by atoms with Crippen LogP contribution in [0.1, 0.15) is 15.9 Å². The molecule has 1 heterocycles. The number of nitrogens with zero attached hydrogens (tertiary/aromatic N) is 2. The Balaban J connectivity index is 1.78. The molecule has 0 radical (unpaired) electrons. The van der Waals surface area contributed by atoms with Gasteiger partial charge in [-0.3, -0.25) is 4.79 Å². The zero-order valence-corrected chi connectivity index (χ0v) is 14.4. The van der Waals surface area contributed by atoms with Gasteiger partial charge >= 0.3 is 0 Å². The summed E-state index contributed by atoms with van der Waals surface area (Å²) >= 11 is 17.9. The average Bonchev–Trinajstić information content (AvgIpc) is 2.56. The summed E-state index contributed by atoms with van der Waals surface area (Å²) in [6, 6.07) is 13.6. The Morgan fingerprint density at radius 2 is 1.71 bits per heavy atom. The molecule has 0 atom stereocenters. The Bertz CT molecular complexity index is 940. The lowest BCUT2D eigenvalue weighted by Gasteiger charge is -2.03. The first kappa shape index (κ1) is 16.7. The normalized spacial score (nSPS) is 11.1. The number of amides is 1. The van der Waals surface area contributed by atoms with Crippen molar-refractivity contribution in [2.45, 2.75) is 0 Å². The minimum Gasteiger partial charge on any atom is -0.267 e. The molecule has 0 aliphatic rings. The molecule has 4 nitrogen and oxygen atoms in total. The van der Waals surface area contributed by atoms with Gasteiger partial charge in [0.1, 0.15) is 5.15 Å². The zero-order valence-electron chi connectivity index (χ0n) is 12.1. The number of hydrogen-bond acceptors (Lipinski definition) is 3. The van der Waals surface area contributed by atoms with Crippen LogP contribution in [0.3, 0.4) is 0 Å². The summed E-state index contributed by atoms with van der Waals surface area (Å²) in [5.41, 5.74) is 4.18. The lowest BCUT2D eigenvalue weighted by molar-refractivity contribution is 0.0955. The highest BCUT2D eigenvalue weighted by atomic mass is 35.5. The molecular formula is C17H10Cl3N3O. The van der Waals surface area contributed by atoms with E-state index in [1.54, 1.807) is 48.5 Å². The van der Waals surface area contributed by atoms with E-state index < -0.39 is 0 Å². The minimum absolute atomic E-state index is 0.286. The maximum Gasteiger partial charge on any atom is 0.271 e. The first-order valence-electron chi connectivity index (χ1n) is 6.88. The Kier molecular flexibility index (Phi) is 5.00. The molecule has 0 saturated carbocycles. The van der Waals surface area contributed by atoms with E-state index >= 15 is 0 Å². The summed E-state index contributed by atoms with van der Waals surface area (Å²) < 4.78 is 0. The molecule has 0 fully saturated rings. The van der Waals surface area contributed by atoms with Crippen LogP contribution in [0.4, 0.5) is 0 Å². The van der Waals surface area contributed by atoms with E-state index in [1.165, 1.54) is 6.21 Å². The number of pyridine rings is 1. The topological polar surface area (TPSA) is 54.4 Å². The summed E-state index contributed by atoms with van der Waals surface area (Å²) in [6.45, 7) is 0. The second-order valence-corrected chi connectivity index (χ2v) is 6.14. The highest BCUT2D eigenvalue weighted by Gasteiger charge is 2.06. The lowest BCUT2D eigenvalue weighted by Crippen LogP contribution is -2.17. The fourth-order valence-electron chi connectivity index (χ4n) is 2.06. The van der Waals surface area contributed by atoms with Gasteiger partial charge in [-0.25, -0.2) is 10.4 Å². The molecule has 0 bridgehead atoms. The predicted molar refractivity (Wildman–Crippen MR) is 98.3 cm³/mol. The van der Waals surface area contributed by atoms with Crippen molar-refractivity contribution in [3.63, 3.8) is 0 Å². The van der Waals surface area contributed by atoms with E-state index in [1.807, 2.05) is 0 Å². The molecule has 3 aromatic rings. The highest BCUT2D eigenvalue weighted by Crippen LogP contribution is 2.22. The van der Waals surface area contributed by atoms with Crippen LogP contribution in [0.25, 0.3) is 10.9 Å². The molecule has 2 aromatic carbocycles. The largest absolute Gasteiger partial charge is 0.271 e. The van der Waals surface area contributed by atoms with Crippen LogP contribution in [-0.4, -0.2) is 17.1 Å². The van der Waals surface area contributed by atoms with Crippen molar-refractivity contribution in [2.24, 2.45) is 5.10 Å². The second-order valence-electron chi connectivity index (χ2n) is 4.91. The number of benzene rings is 2. The maximum atomic E-state index is 12.0. The van der Waals surface area contributed by atoms with Crippen LogP contribution >= 0.6 is 34.8 Å². The number of fused-ring (bicyclic) bond motifs is 1. The van der Waals surface area contributed by atoms with Gasteiger partial charge in [-0.2, -0.15) is 5.10 Å². The molecule has 1 aromatic heterocycles. The number of hydrogen-bond donors (Lipinski definition) is 1. The van der Waals surface area contributed by atoms with E-state index in [0.29, 0.717) is 21.2 Å². The molecule has 24 heavy (non-hydrogen) atoms. The van der Waals surface area contributed by atoms with Crippen LogP contribution in [-0.2, 0) is 0 Å². The quantitative estimate of drug-likeness (QED) is 0.398. The monoisotopic (exact) mass is 377 g/mol. The van der Waals surface area contributed by atoms with Crippen molar-refractivity contribution in [1.29, 1.82) is 0 Å². The van der Waals surface area contributed by atoms with Crippen LogP contribution in [0.2, 0.25) is 15.2 Å². The van der Waals surface area contributed by atoms with Crippen molar-refractivity contribution < 1.29 is 4.79 Å². The minimum atomic E-state index is -0.351. The van der Waals surface area contributed by atoms with Crippen molar-refractivity contribution in [3.05, 3.63) is 74.9 Å². The molecule has 0 aliphatic heterocycles. The fourth-order valence-corrected chi connectivity index (χ4v) is 2.56. The summed E-state index contributed by atoms with van der Waals surface area (Å²) in [5, 5.41) is 6.19. The Hall–Kier alpha value is -2.14. The van der Waals surface area contributed by atoms with Crippen molar-refractivity contribution in [1.82, 2.24) is 10.4 Å². The predicted octanol–water partition coefficient (Wildman–Crippen LogP) is 4.96. The third-order valence-corrected chi connectivity index (χ3v) is 4.02. The number of aromatic nitrogens is 1. The number of carbonyl (C=O) groups excluding carboxylic acids is 1. The molecule has 3 rings (SSSR count). The van der Waals surface area contributed by atoms with Crippen LogP contribution in [0.5, 0.6) is 0 Å². The van der Waals surface area contributed by atoms with Gasteiger partial charge in [-0.05, 0) is 48.5 Å². The number of nitrogens with one attached hydrogen (secondary N) is 1. The lowest BCUT2D eigenvalue weighted by atomic mass is 10.2. The van der Waals surface area contributed by atoms with Gasteiger partial charge in [0.25, 0.3) is 5.91 Å². The average molecular weight is 379 g/mol. The number of carbonyl (C=O) groups is 1. The highest BCUT2D eigenvalue weighted by molar-refractivity contribution is 6.33. The first-order chi connectivity index (χ1) is 11.5. The molecule has 0 saturated heterocycles. The van der Waals surface area contributed by atoms with Gasteiger partial charge in [0.05, 0.1) is 11.7 Å². The first-order valence-corrected chi connectivity index (χ1v) is 8.01. The third kappa shape index (κ3) is 3.85. The summed E-state index contributed by atoms with van der Waals surface area (Å²) in [7, 11) is 0. The molecule has 0 spiro atoms. The number of rotatable bonds is 3.